The average Bonchev–Trinajstić information content (AvgIpc) is 3.15. The second kappa shape index (κ2) is 8.36. The van der Waals surface area contributed by atoms with Gasteiger partial charge < -0.3 is 19.9 Å². The Hall–Kier alpha value is -2.68. The fraction of sp³-hybridized carbons (Fsp3) is 0.600. The first-order chi connectivity index (χ1) is 14.0. The van der Waals surface area contributed by atoms with Crippen LogP contribution in [-0.4, -0.2) is 49.7 Å². The molecule has 2 N–H and O–H groups in total. The van der Waals surface area contributed by atoms with Crippen LogP contribution in [0.4, 0.5) is 11.6 Å². The van der Waals surface area contributed by atoms with Crippen LogP contribution in [0, 0.1) is 0 Å². The zero-order chi connectivity index (χ0) is 20.4. The molecule has 1 aliphatic carbocycles. The highest BCUT2D eigenvalue weighted by atomic mass is 16.3. The standard InChI is InChI=1S/C20H28N6O3/c1-24-13-22-17(11-20(24)29)21-12-14-5-2-3-10-25(14)18-8-9-19(28)26(23-18)15-6-4-7-16(15)27/h8-9,11,13-16,21,27H,2-7,10,12H2,1H3. The maximum Gasteiger partial charge on any atom is 0.267 e. The molecule has 4 rings (SSSR count). The Kier molecular flexibility index (Phi) is 5.66. The van der Waals surface area contributed by atoms with E-state index in [1.54, 1.807) is 19.2 Å². The molecule has 0 aromatic carbocycles. The third-order valence-corrected chi connectivity index (χ3v) is 5.99. The summed E-state index contributed by atoms with van der Waals surface area (Å²) in [5.74, 6) is 1.32. The van der Waals surface area contributed by atoms with Crippen molar-refractivity contribution < 1.29 is 5.11 Å². The van der Waals surface area contributed by atoms with Crippen LogP contribution in [-0.2, 0) is 7.05 Å². The molecule has 2 aromatic heterocycles. The monoisotopic (exact) mass is 400 g/mol. The van der Waals surface area contributed by atoms with Gasteiger partial charge in [-0.05, 0) is 44.6 Å². The minimum absolute atomic E-state index is 0.105. The van der Waals surface area contributed by atoms with Crippen molar-refractivity contribution in [2.24, 2.45) is 7.05 Å². The number of anilines is 2. The Balaban J connectivity index is 1.53. The Morgan fingerprint density at radius 2 is 2.00 bits per heavy atom. The van der Waals surface area contributed by atoms with E-state index in [4.69, 9.17) is 0 Å². The second-order valence-electron chi connectivity index (χ2n) is 7.99. The lowest BCUT2D eigenvalue weighted by Crippen LogP contribution is -2.45. The molecule has 9 nitrogen and oxygen atoms in total. The van der Waals surface area contributed by atoms with E-state index in [1.165, 1.54) is 21.6 Å². The van der Waals surface area contributed by atoms with Crippen LogP contribution in [0.5, 0.6) is 0 Å². The van der Waals surface area contributed by atoms with Crippen molar-refractivity contribution in [2.75, 3.05) is 23.3 Å². The SMILES string of the molecule is Cn1cnc(NCC2CCCCN2c2ccc(=O)n(C3CCCC3O)n2)cc1=O. The number of aromatic nitrogens is 4. The first-order valence-corrected chi connectivity index (χ1v) is 10.3. The normalized spacial score (nSPS) is 24.6. The lowest BCUT2D eigenvalue weighted by molar-refractivity contribution is 0.127. The van der Waals surface area contributed by atoms with Crippen molar-refractivity contribution >= 4 is 11.6 Å². The number of piperidine rings is 1. The lowest BCUT2D eigenvalue weighted by Gasteiger charge is -2.37. The summed E-state index contributed by atoms with van der Waals surface area (Å²) in [4.78, 5) is 30.6. The predicted molar refractivity (Wildman–Crippen MR) is 110 cm³/mol. The van der Waals surface area contributed by atoms with Gasteiger partial charge in [0.25, 0.3) is 11.1 Å². The van der Waals surface area contributed by atoms with Gasteiger partial charge in [-0.1, -0.05) is 0 Å². The van der Waals surface area contributed by atoms with Crippen molar-refractivity contribution in [1.82, 2.24) is 19.3 Å². The van der Waals surface area contributed by atoms with Crippen LogP contribution < -0.4 is 21.3 Å². The quantitative estimate of drug-likeness (QED) is 0.768. The number of aryl methyl sites for hydroxylation is 1. The van der Waals surface area contributed by atoms with Gasteiger partial charge in [-0.25, -0.2) is 9.67 Å². The summed E-state index contributed by atoms with van der Waals surface area (Å²) >= 11 is 0. The summed E-state index contributed by atoms with van der Waals surface area (Å²) in [6.07, 6.45) is 6.56. The van der Waals surface area contributed by atoms with Crippen LogP contribution in [0.25, 0.3) is 0 Å². The fourth-order valence-corrected chi connectivity index (χ4v) is 4.31. The highest BCUT2D eigenvalue weighted by molar-refractivity contribution is 5.41. The molecule has 2 fully saturated rings. The summed E-state index contributed by atoms with van der Waals surface area (Å²) in [5.41, 5.74) is -0.275. The predicted octanol–water partition coefficient (Wildman–Crippen LogP) is 0.894. The molecule has 2 aromatic rings. The van der Waals surface area contributed by atoms with Crippen LogP contribution in [0.15, 0.2) is 34.1 Å². The van der Waals surface area contributed by atoms with E-state index in [0.29, 0.717) is 18.8 Å². The molecule has 0 amide bonds. The molecule has 0 spiro atoms. The molecule has 1 aliphatic heterocycles. The Bertz CT molecular complexity index is 971. The molecule has 3 unspecified atom stereocenters. The highest BCUT2D eigenvalue weighted by Crippen LogP contribution is 2.29. The number of rotatable bonds is 5. The van der Waals surface area contributed by atoms with Gasteiger partial charge in [0.15, 0.2) is 0 Å². The maximum absolute atomic E-state index is 12.4. The first kappa shape index (κ1) is 19.6. The molecule has 29 heavy (non-hydrogen) atoms. The van der Waals surface area contributed by atoms with Gasteiger partial charge in [-0.3, -0.25) is 9.59 Å². The minimum Gasteiger partial charge on any atom is -0.391 e. The van der Waals surface area contributed by atoms with E-state index in [-0.39, 0.29) is 23.2 Å². The summed E-state index contributed by atoms with van der Waals surface area (Å²) in [5, 5.41) is 18.1. The zero-order valence-corrected chi connectivity index (χ0v) is 16.7. The van der Waals surface area contributed by atoms with Crippen LogP contribution in [0.2, 0.25) is 0 Å². The van der Waals surface area contributed by atoms with E-state index in [9.17, 15) is 14.7 Å². The average molecular weight is 400 g/mol. The molecule has 156 valence electrons. The van der Waals surface area contributed by atoms with Crippen LogP contribution in [0.3, 0.4) is 0 Å². The van der Waals surface area contributed by atoms with Gasteiger partial charge in [0.2, 0.25) is 0 Å². The molecular formula is C20H28N6O3. The molecule has 0 radical (unpaired) electrons. The van der Waals surface area contributed by atoms with Gasteiger partial charge >= 0.3 is 0 Å². The molecule has 0 bridgehead atoms. The maximum atomic E-state index is 12.4. The summed E-state index contributed by atoms with van der Waals surface area (Å²) in [6.45, 7) is 1.49. The molecule has 2 aliphatic rings. The topological polar surface area (TPSA) is 105 Å². The number of aliphatic hydroxyl groups is 1. The van der Waals surface area contributed by atoms with E-state index in [1.807, 2.05) is 0 Å². The molecule has 3 atom stereocenters. The Labute approximate surface area is 169 Å². The fourth-order valence-electron chi connectivity index (χ4n) is 4.31. The van der Waals surface area contributed by atoms with Crippen LogP contribution >= 0.6 is 0 Å². The molecular weight excluding hydrogens is 372 g/mol. The summed E-state index contributed by atoms with van der Waals surface area (Å²) in [6, 6.07) is 4.76. The molecule has 1 saturated carbocycles. The lowest BCUT2D eigenvalue weighted by atomic mass is 10.0. The van der Waals surface area contributed by atoms with E-state index in [2.05, 4.69) is 20.3 Å². The highest BCUT2D eigenvalue weighted by Gasteiger charge is 2.30. The van der Waals surface area contributed by atoms with E-state index >= 15 is 0 Å². The second-order valence-corrected chi connectivity index (χ2v) is 7.99. The Morgan fingerprint density at radius 3 is 2.76 bits per heavy atom. The van der Waals surface area contributed by atoms with Gasteiger partial charge in [-0.15, -0.1) is 0 Å². The first-order valence-electron chi connectivity index (χ1n) is 10.3. The number of aliphatic hydroxyl groups excluding tert-OH is 1. The van der Waals surface area contributed by atoms with Crippen LogP contribution in [0.1, 0.15) is 44.6 Å². The minimum atomic E-state index is -0.513. The Morgan fingerprint density at radius 1 is 1.14 bits per heavy atom. The van der Waals surface area contributed by atoms with Crippen molar-refractivity contribution in [3.05, 3.63) is 45.2 Å². The number of hydrogen-bond acceptors (Lipinski definition) is 7. The van der Waals surface area contributed by atoms with Gasteiger partial charge in [-0.2, -0.15) is 5.10 Å². The van der Waals surface area contributed by atoms with Crippen molar-refractivity contribution in [1.29, 1.82) is 0 Å². The largest absolute Gasteiger partial charge is 0.391 e. The molecule has 9 heteroatoms. The van der Waals surface area contributed by atoms with Gasteiger partial charge in [0, 0.05) is 38.3 Å². The van der Waals surface area contributed by atoms with Gasteiger partial charge in [0.05, 0.1) is 18.5 Å². The van der Waals surface area contributed by atoms with Gasteiger partial charge in [0.1, 0.15) is 11.6 Å². The molecule has 1 saturated heterocycles. The number of hydrogen-bond donors (Lipinski definition) is 2. The molecule has 3 heterocycles. The third-order valence-electron chi connectivity index (χ3n) is 5.99. The third kappa shape index (κ3) is 4.19. The zero-order valence-electron chi connectivity index (χ0n) is 16.7. The smallest absolute Gasteiger partial charge is 0.267 e. The number of nitrogens with zero attached hydrogens (tertiary/aromatic N) is 5. The van der Waals surface area contributed by atoms with Crippen molar-refractivity contribution in [2.45, 2.75) is 56.7 Å². The van der Waals surface area contributed by atoms with E-state index in [0.717, 1.165) is 44.5 Å². The summed E-state index contributed by atoms with van der Waals surface area (Å²) < 4.78 is 2.90. The number of nitrogens with one attached hydrogen (secondary N) is 1. The summed E-state index contributed by atoms with van der Waals surface area (Å²) in [7, 11) is 1.67. The van der Waals surface area contributed by atoms with Crippen molar-refractivity contribution in [3.63, 3.8) is 0 Å². The van der Waals surface area contributed by atoms with Crippen molar-refractivity contribution in [3.8, 4) is 0 Å². The van der Waals surface area contributed by atoms with E-state index < -0.39 is 6.10 Å².